The largest absolute Gasteiger partial charge is 0.207 e. The van der Waals surface area contributed by atoms with Gasteiger partial charge in [-0.3, -0.25) is 0 Å². The summed E-state index contributed by atoms with van der Waals surface area (Å²) in [5, 5.41) is 0. The Morgan fingerprint density at radius 1 is 1.00 bits per heavy atom. The molecule has 2 heteroatoms. The van der Waals surface area contributed by atoms with Crippen LogP contribution in [0.25, 0.3) is 0 Å². The first-order valence-corrected chi connectivity index (χ1v) is 5.53. The Kier molecular flexibility index (Phi) is 3.17. The van der Waals surface area contributed by atoms with Gasteiger partial charge < -0.3 is 0 Å². The van der Waals surface area contributed by atoms with Crippen LogP contribution in [0.3, 0.4) is 0 Å². The van der Waals surface area contributed by atoms with Gasteiger partial charge in [-0.25, -0.2) is 4.39 Å². The van der Waals surface area contributed by atoms with Gasteiger partial charge in [0.1, 0.15) is 5.82 Å². The third-order valence-electron chi connectivity index (χ3n) is 2.25. The Morgan fingerprint density at radius 2 is 1.73 bits per heavy atom. The minimum atomic E-state index is -0.151. The van der Waals surface area contributed by atoms with Crippen molar-refractivity contribution in [2.75, 3.05) is 0 Å². The highest BCUT2D eigenvalue weighted by atomic mass is 79.9. The van der Waals surface area contributed by atoms with Crippen LogP contribution in [0, 0.1) is 5.82 Å². The highest BCUT2D eigenvalue weighted by molar-refractivity contribution is 9.10. The Morgan fingerprint density at radius 3 is 2.47 bits per heavy atom. The highest BCUT2D eigenvalue weighted by Gasteiger charge is 2.03. The van der Waals surface area contributed by atoms with Crippen LogP contribution in [0.4, 0.5) is 4.39 Å². The van der Waals surface area contributed by atoms with E-state index in [1.54, 1.807) is 6.07 Å². The quantitative estimate of drug-likeness (QED) is 0.764. The van der Waals surface area contributed by atoms with Gasteiger partial charge in [0.25, 0.3) is 0 Å². The molecule has 0 fully saturated rings. The van der Waals surface area contributed by atoms with Crippen LogP contribution in [0.15, 0.2) is 53.0 Å². The van der Waals surface area contributed by atoms with Gasteiger partial charge in [-0.2, -0.15) is 0 Å². The van der Waals surface area contributed by atoms with Crippen LogP contribution >= 0.6 is 15.9 Å². The van der Waals surface area contributed by atoms with Crippen LogP contribution in [0.1, 0.15) is 11.1 Å². The van der Waals surface area contributed by atoms with Crippen molar-refractivity contribution in [2.24, 2.45) is 0 Å². The molecule has 2 rings (SSSR count). The van der Waals surface area contributed by atoms with Crippen LogP contribution in [-0.2, 0) is 6.42 Å². The van der Waals surface area contributed by atoms with Crippen molar-refractivity contribution in [3.63, 3.8) is 0 Å². The van der Waals surface area contributed by atoms with Crippen LogP contribution in [0.2, 0.25) is 0 Å². The van der Waals surface area contributed by atoms with Gasteiger partial charge in [0.15, 0.2) is 0 Å². The predicted octanol–water partition coefficient (Wildman–Crippen LogP) is 4.18. The van der Waals surface area contributed by atoms with E-state index in [2.05, 4.69) is 15.9 Å². The average Bonchev–Trinajstić information content (AvgIpc) is 2.25. The molecule has 2 aromatic carbocycles. The molecule has 0 spiro atoms. The zero-order valence-electron chi connectivity index (χ0n) is 8.08. The van der Waals surface area contributed by atoms with E-state index in [1.165, 1.54) is 6.07 Å². The van der Waals surface area contributed by atoms with Crippen LogP contribution in [-0.4, -0.2) is 0 Å². The molecule has 0 heterocycles. The molecule has 0 aliphatic rings. The number of hydrogen-bond acceptors (Lipinski definition) is 0. The Labute approximate surface area is 96.9 Å². The molecule has 2 aromatic rings. The smallest absolute Gasteiger partial charge is 0.126 e. The third-order valence-corrected chi connectivity index (χ3v) is 2.74. The number of rotatable bonds is 2. The van der Waals surface area contributed by atoms with E-state index in [9.17, 15) is 4.39 Å². The molecule has 0 saturated carbocycles. The normalized spacial score (nSPS) is 10.3. The molecule has 0 saturated heterocycles. The van der Waals surface area contributed by atoms with Crippen LogP contribution in [0.5, 0.6) is 0 Å². The molecule has 0 radical (unpaired) electrons. The van der Waals surface area contributed by atoms with Crippen molar-refractivity contribution in [1.82, 2.24) is 0 Å². The summed E-state index contributed by atoms with van der Waals surface area (Å²) in [5.41, 5.74) is 1.84. The van der Waals surface area contributed by atoms with Crippen molar-refractivity contribution in [1.29, 1.82) is 0 Å². The molecule has 0 unspecified atom stereocenters. The molecule has 0 amide bonds. The van der Waals surface area contributed by atoms with E-state index >= 15 is 0 Å². The fourth-order valence-electron chi connectivity index (χ4n) is 1.49. The van der Waals surface area contributed by atoms with Gasteiger partial charge in [-0.05, 0) is 29.3 Å². The maximum Gasteiger partial charge on any atom is 0.126 e. The first kappa shape index (κ1) is 10.4. The third kappa shape index (κ3) is 2.66. The van der Waals surface area contributed by atoms with Crippen molar-refractivity contribution in [2.45, 2.75) is 6.42 Å². The number of benzene rings is 2. The van der Waals surface area contributed by atoms with Crippen LogP contribution < -0.4 is 0 Å². The molecule has 0 atom stereocenters. The molecule has 0 bridgehead atoms. The SMILES string of the molecule is Fc1ccc(Br)cc1Cc1ccccc1. The summed E-state index contributed by atoms with van der Waals surface area (Å²) in [6.07, 6.45) is 0.631. The summed E-state index contributed by atoms with van der Waals surface area (Å²) in [6.45, 7) is 0. The van der Waals surface area contributed by atoms with Gasteiger partial charge in [0.05, 0.1) is 0 Å². The molecule has 15 heavy (non-hydrogen) atoms. The van der Waals surface area contributed by atoms with Crippen molar-refractivity contribution >= 4 is 15.9 Å². The van der Waals surface area contributed by atoms with Crippen molar-refractivity contribution in [3.05, 3.63) is 69.9 Å². The van der Waals surface area contributed by atoms with E-state index in [0.717, 1.165) is 15.6 Å². The summed E-state index contributed by atoms with van der Waals surface area (Å²) < 4.78 is 14.3. The molecular weight excluding hydrogens is 255 g/mol. The summed E-state index contributed by atoms with van der Waals surface area (Å²) in [6, 6.07) is 14.9. The number of hydrogen-bond donors (Lipinski definition) is 0. The monoisotopic (exact) mass is 264 g/mol. The average molecular weight is 265 g/mol. The zero-order chi connectivity index (χ0) is 10.7. The topological polar surface area (TPSA) is 0 Å². The zero-order valence-corrected chi connectivity index (χ0v) is 9.67. The lowest BCUT2D eigenvalue weighted by atomic mass is 10.0. The maximum absolute atomic E-state index is 13.4. The first-order valence-electron chi connectivity index (χ1n) is 4.73. The summed E-state index contributed by atoms with van der Waals surface area (Å²) in [4.78, 5) is 0. The predicted molar refractivity (Wildman–Crippen MR) is 63.3 cm³/mol. The minimum Gasteiger partial charge on any atom is -0.207 e. The summed E-state index contributed by atoms with van der Waals surface area (Å²) in [5.74, 6) is -0.151. The molecule has 0 aliphatic carbocycles. The van der Waals surface area contributed by atoms with Crippen molar-refractivity contribution in [3.8, 4) is 0 Å². The molecule has 0 N–H and O–H groups in total. The molecule has 0 aromatic heterocycles. The highest BCUT2D eigenvalue weighted by Crippen LogP contribution is 2.18. The second-order valence-corrected chi connectivity index (χ2v) is 4.31. The van der Waals surface area contributed by atoms with E-state index in [1.807, 2.05) is 36.4 Å². The van der Waals surface area contributed by atoms with E-state index in [4.69, 9.17) is 0 Å². The Bertz CT molecular complexity index is 451. The second kappa shape index (κ2) is 4.58. The lowest BCUT2D eigenvalue weighted by Crippen LogP contribution is -1.92. The van der Waals surface area contributed by atoms with Gasteiger partial charge in [-0.15, -0.1) is 0 Å². The van der Waals surface area contributed by atoms with Crippen molar-refractivity contribution < 1.29 is 4.39 Å². The number of halogens is 2. The van der Waals surface area contributed by atoms with Gasteiger partial charge in [-0.1, -0.05) is 46.3 Å². The Balaban J connectivity index is 2.28. The standard InChI is InChI=1S/C13H10BrF/c14-12-6-7-13(15)11(9-12)8-10-4-2-1-3-5-10/h1-7,9H,8H2. The van der Waals surface area contributed by atoms with Gasteiger partial charge in [0.2, 0.25) is 0 Å². The Hall–Kier alpha value is -1.15. The van der Waals surface area contributed by atoms with E-state index in [0.29, 0.717) is 6.42 Å². The van der Waals surface area contributed by atoms with E-state index < -0.39 is 0 Å². The fraction of sp³-hybridized carbons (Fsp3) is 0.0769. The maximum atomic E-state index is 13.4. The molecule has 0 aliphatic heterocycles. The molecular formula is C13H10BrF. The van der Waals surface area contributed by atoms with Gasteiger partial charge in [0, 0.05) is 10.9 Å². The lowest BCUT2D eigenvalue weighted by molar-refractivity contribution is 0.613. The molecule has 76 valence electrons. The van der Waals surface area contributed by atoms with Gasteiger partial charge >= 0.3 is 0 Å². The fourth-order valence-corrected chi connectivity index (χ4v) is 1.90. The second-order valence-electron chi connectivity index (χ2n) is 3.40. The van der Waals surface area contributed by atoms with E-state index in [-0.39, 0.29) is 5.82 Å². The lowest BCUT2D eigenvalue weighted by Gasteiger charge is -2.03. The minimum absolute atomic E-state index is 0.151. The molecule has 0 nitrogen and oxygen atoms in total. The first-order chi connectivity index (χ1) is 7.25. The summed E-state index contributed by atoms with van der Waals surface area (Å²) in [7, 11) is 0. The summed E-state index contributed by atoms with van der Waals surface area (Å²) >= 11 is 3.34.